The van der Waals surface area contributed by atoms with Crippen LogP contribution in [0.1, 0.15) is 12.5 Å². The van der Waals surface area contributed by atoms with Gasteiger partial charge in [0.1, 0.15) is 0 Å². The van der Waals surface area contributed by atoms with Crippen LogP contribution in [-0.4, -0.2) is 17.7 Å². The van der Waals surface area contributed by atoms with Crippen LogP contribution in [0, 0.1) is 0 Å². The fourth-order valence-corrected chi connectivity index (χ4v) is 1.32. The average Bonchev–Trinajstić information content (AvgIpc) is 2.19. The lowest BCUT2D eigenvalue weighted by Gasteiger charge is -2.25. The van der Waals surface area contributed by atoms with Gasteiger partial charge in [0.25, 0.3) is 5.91 Å². The van der Waals surface area contributed by atoms with Gasteiger partial charge < -0.3 is 4.84 Å². The van der Waals surface area contributed by atoms with Crippen LogP contribution >= 0.6 is 0 Å². The third kappa shape index (κ3) is 1.56. The van der Waals surface area contributed by atoms with E-state index in [1.54, 1.807) is 6.92 Å². The molecule has 0 N–H and O–H groups in total. The molecule has 0 fully saturated rings. The molecule has 0 saturated heterocycles. The van der Waals surface area contributed by atoms with Crippen molar-refractivity contribution in [1.82, 2.24) is 5.23 Å². The first-order valence-corrected chi connectivity index (χ1v) is 4.53. The van der Waals surface area contributed by atoms with Crippen LogP contribution in [-0.2, 0) is 16.1 Å². The number of fused-ring (bicyclic) bond motifs is 1. The number of para-hydroxylation sites is 1. The highest BCUT2D eigenvalue weighted by atomic mass is 17.0. The molecule has 4 nitrogen and oxygen atoms in total. The molecule has 1 aromatic rings. The number of carbonyl (C=O) groups excluding carboxylic acids is 1. The number of carbonyl (C=O) groups is 1. The van der Waals surface area contributed by atoms with Crippen molar-refractivity contribution in [2.45, 2.75) is 13.3 Å². The molecule has 0 aromatic heterocycles. The number of hydrogen-bond donors (Lipinski definition) is 0. The van der Waals surface area contributed by atoms with Crippen LogP contribution in [0.25, 0.3) is 0 Å². The molecule has 14 heavy (non-hydrogen) atoms. The van der Waals surface area contributed by atoms with Gasteiger partial charge in [-0.15, -0.1) is 0 Å². The lowest BCUT2D eigenvalue weighted by atomic mass is 10.1. The number of nitrogens with zero attached hydrogens (tertiary/aromatic N) is 1. The van der Waals surface area contributed by atoms with E-state index in [1.807, 2.05) is 24.3 Å². The molecule has 0 bridgehead atoms. The molecule has 1 aliphatic rings. The maximum absolute atomic E-state index is 11.4. The molecule has 1 aliphatic heterocycles. The molecule has 1 amide bonds. The summed E-state index contributed by atoms with van der Waals surface area (Å²) >= 11 is 0. The summed E-state index contributed by atoms with van der Waals surface area (Å²) in [6.45, 7) is 2.21. The van der Waals surface area contributed by atoms with E-state index in [-0.39, 0.29) is 5.91 Å². The van der Waals surface area contributed by atoms with Gasteiger partial charge in [0, 0.05) is 5.56 Å². The highest BCUT2D eigenvalue weighted by Gasteiger charge is 2.25. The first kappa shape index (κ1) is 9.02. The third-order valence-corrected chi connectivity index (χ3v) is 1.95. The number of benzene rings is 1. The second-order valence-electron chi connectivity index (χ2n) is 2.94. The van der Waals surface area contributed by atoms with Gasteiger partial charge in [-0.05, 0) is 18.2 Å². The molecule has 0 atom stereocenters. The molecule has 0 unspecified atom stereocenters. The zero-order valence-electron chi connectivity index (χ0n) is 7.90. The van der Waals surface area contributed by atoms with Crippen molar-refractivity contribution in [1.29, 1.82) is 0 Å². The Hall–Kier alpha value is -1.55. The van der Waals surface area contributed by atoms with Crippen molar-refractivity contribution in [3.05, 3.63) is 29.8 Å². The molecular weight excluding hydrogens is 182 g/mol. The van der Waals surface area contributed by atoms with E-state index >= 15 is 0 Å². The lowest BCUT2D eigenvalue weighted by molar-refractivity contribution is -0.297. The summed E-state index contributed by atoms with van der Waals surface area (Å²) in [6.07, 6.45) is 0.330. The van der Waals surface area contributed by atoms with Crippen molar-refractivity contribution in [2.24, 2.45) is 0 Å². The van der Waals surface area contributed by atoms with Crippen molar-refractivity contribution >= 4 is 5.91 Å². The Morgan fingerprint density at radius 3 is 3.07 bits per heavy atom. The monoisotopic (exact) mass is 193 g/mol. The molecule has 1 aromatic carbocycles. The van der Waals surface area contributed by atoms with E-state index < -0.39 is 0 Å². The Morgan fingerprint density at radius 1 is 1.50 bits per heavy atom. The Morgan fingerprint density at radius 2 is 2.29 bits per heavy atom. The largest absolute Gasteiger partial charge is 0.351 e. The molecule has 74 valence electrons. The molecule has 0 aliphatic carbocycles. The second-order valence-corrected chi connectivity index (χ2v) is 2.94. The fraction of sp³-hybridized carbons (Fsp3) is 0.300. The van der Waals surface area contributed by atoms with Gasteiger partial charge in [-0.1, -0.05) is 18.2 Å². The van der Waals surface area contributed by atoms with Gasteiger partial charge >= 0.3 is 0 Å². The first-order valence-electron chi connectivity index (χ1n) is 4.53. The van der Waals surface area contributed by atoms with E-state index in [4.69, 9.17) is 9.68 Å². The summed E-state index contributed by atoms with van der Waals surface area (Å²) in [5, 5.41) is 0.947. The summed E-state index contributed by atoms with van der Waals surface area (Å²) in [7, 11) is 0. The molecule has 4 heteroatoms. The van der Waals surface area contributed by atoms with Gasteiger partial charge in [-0.2, -0.15) is 0 Å². The van der Waals surface area contributed by atoms with Crippen molar-refractivity contribution in [2.75, 3.05) is 6.61 Å². The number of hydroxylamine groups is 2. The summed E-state index contributed by atoms with van der Waals surface area (Å²) in [4.78, 5) is 21.7. The Bertz CT molecular complexity index is 351. The van der Waals surface area contributed by atoms with Crippen LogP contribution in [0.2, 0.25) is 0 Å². The number of rotatable bonds is 2. The Balaban J connectivity index is 2.22. The number of amides is 1. The smallest absolute Gasteiger partial charge is 0.289 e. The minimum Gasteiger partial charge on any atom is -0.351 e. The van der Waals surface area contributed by atoms with E-state index in [2.05, 4.69) is 0 Å². The first-order chi connectivity index (χ1) is 6.81. The van der Waals surface area contributed by atoms with Gasteiger partial charge in [-0.25, -0.2) is 4.84 Å². The maximum Gasteiger partial charge on any atom is 0.289 e. The Kier molecular flexibility index (Phi) is 2.37. The van der Waals surface area contributed by atoms with E-state index in [0.717, 1.165) is 10.8 Å². The lowest BCUT2D eigenvalue weighted by Crippen LogP contribution is -2.38. The summed E-state index contributed by atoms with van der Waals surface area (Å²) in [5.41, 5.74) is 0.897. The minimum absolute atomic E-state index is 0.175. The number of hydrogen-bond acceptors (Lipinski definition) is 3. The predicted octanol–water partition coefficient (Wildman–Crippen LogP) is 1.32. The molecule has 1 heterocycles. The molecule has 0 saturated carbocycles. The zero-order chi connectivity index (χ0) is 9.97. The summed E-state index contributed by atoms with van der Waals surface area (Å²) in [5.74, 6) is 0.506. The van der Waals surface area contributed by atoms with Crippen LogP contribution in [0.4, 0.5) is 0 Å². The van der Waals surface area contributed by atoms with Crippen molar-refractivity contribution < 1.29 is 14.5 Å². The van der Waals surface area contributed by atoms with Gasteiger partial charge in [0.05, 0.1) is 13.0 Å². The van der Waals surface area contributed by atoms with Crippen LogP contribution in [0.15, 0.2) is 24.3 Å². The SMILES string of the molecule is CCON1Oc2ccccc2CC1=O. The summed E-state index contributed by atoms with van der Waals surface area (Å²) in [6, 6.07) is 7.43. The summed E-state index contributed by atoms with van der Waals surface area (Å²) < 4.78 is 0. The Labute approximate surface area is 81.9 Å². The van der Waals surface area contributed by atoms with E-state index in [0.29, 0.717) is 18.8 Å². The highest BCUT2D eigenvalue weighted by molar-refractivity contribution is 5.79. The third-order valence-electron chi connectivity index (χ3n) is 1.95. The quantitative estimate of drug-likeness (QED) is 0.711. The molecule has 2 rings (SSSR count). The normalized spacial score (nSPS) is 14.9. The maximum atomic E-state index is 11.4. The van der Waals surface area contributed by atoms with Crippen molar-refractivity contribution in [3.63, 3.8) is 0 Å². The zero-order valence-corrected chi connectivity index (χ0v) is 7.90. The van der Waals surface area contributed by atoms with Crippen LogP contribution in [0.5, 0.6) is 5.75 Å². The van der Waals surface area contributed by atoms with Gasteiger partial charge in [0.2, 0.25) is 0 Å². The molecule has 0 spiro atoms. The molecule has 0 radical (unpaired) electrons. The standard InChI is InChI=1S/C10H11NO3/c1-2-13-11-10(12)7-8-5-3-4-6-9(8)14-11/h3-6H,2,7H2,1H3. The second kappa shape index (κ2) is 3.67. The highest BCUT2D eigenvalue weighted by Crippen LogP contribution is 2.24. The minimum atomic E-state index is -0.175. The average molecular weight is 193 g/mol. The van der Waals surface area contributed by atoms with Crippen LogP contribution in [0.3, 0.4) is 0 Å². The van der Waals surface area contributed by atoms with E-state index in [9.17, 15) is 4.79 Å². The van der Waals surface area contributed by atoms with Gasteiger partial charge in [0.15, 0.2) is 5.75 Å². The molecular formula is C10H11NO3. The van der Waals surface area contributed by atoms with E-state index in [1.165, 1.54) is 0 Å². The topological polar surface area (TPSA) is 38.8 Å². The van der Waals surface area contributed by atoms with Crippen LogP contribution < -0.4 is 4.84 Å². The van der Waals surface area contributed by atoms with Crippen molar-refractivity contribution in [3.8, 4) is 5.75 Å². The fourth-order valence-electron chi connectivity index (χ4n) is 1.32. The van der Waals surface area contributed by atoms with Gasteiger partial charge in [-0.3, -0.25) is 4.79 Å². The predicted molar refractivity (Wildman–Crippen MR) is 49.2 cm³/mol.